The second-order valence-electron chi connectivity index (χ2n) is 4.62. The van der Waals surface area contributed by atoms with Crippen LogP contribution in [0, 0.1) is 0 Å². The van der Waals surface area contributed by atoms with Gasteiger partial charge in [0.2, 0.25) is 0 Å². The van der Waals surface area contributed by atoms with Crippen molar-refractivity contribution in [3.05, 3.63) is 64.6 Å². The Morgan fingerprint density at radius 3 is 2.53 bits per heavy atom. The average Bonchev–Trinajstić information content (AvgIpc) is 2.79. The number of anilines is 1. The Kier molecular flexibility index (Phi) is 2.83. The largest absolute Gasteiger partial charge is 0.378 e. The fraction of sp³-hybridized carbons (Fsp3) is 0.133. The second-order valence-corrected chi connectivity index (χ2v) is 4.62. The summed E-state index contributed by atoms with van der Waals surface area (Å²) in [5.41, 5.74) is 3.67. The highest BCUT2D eigenvalue weighted by Gasteiger charge is 2.05. The van der Waals surface area contributed by atoms with Crippen LogP contribution in [0.2, 0.25) is 0 Å². The van der Waals surface area contributed by atoms with Gasteiger partial charge in [0.1, 0.15) is 0 Å². The fourth-order valence-electron chi connectivity index (χ4n) is 2.20. The van der Waals surface area contributed by atoms with Crippen molar-refractivity contribution in [2.75, 3.05) is 5.32 Å². The minimum atomic E-state index is -0.178. The first kappa shape index (κ1) is 11.6. The van der Waals surface area contributed by atoms with Crippen LogP contribution in [0.4, 0.5) is 5.69 Å². The zero-order chi connectivity index (χ0) is 13.2. The van der Waals surface area contributed by atoms with E-state index in [2.05, 4.69) is 34.3 Å². The maximum Gasteiger partial charge on any atom is 0.323 e. The van der Waals surface area contributed by atoms with Gasteiger partial charge in [0.15, 0.2) is 0 Å². The number of rotatable bonds is 3. The monoisotopic (exact) mass is 253 g/mol. The Balaban J connectivity index is 1.87. The van der Waals surface area contributed by atoms with Crippen molar-refractivity contribution in [2.24, 2.45) is 0 Å². The van der Waals surface area contributed by atoms with Gasteiger partial charge in [-0.3, -0.25) is 0 Å². The molecule has 1 atom stereocenters. The first-order valence-corrected chi connectivity index (χ1v) is 6.26. The van der Waals surface area contributed by atoms with E-state index in [0.717, 1.165) is 16.7 Å². The van der Waals surface area contributed by atoms with Gasteiger partial charge in [0, 0.05) is 11.7 Å². The van der Waals surface area contributed by atoms with Gasteiger partial charge in [-0.2, -0.15) is 0 Å². The topological polar surface area (TPSA) is 60.7 Å². The summed E-state index contributed by atoms with van der Waals surface area (Å²) < 4.78 is 0. The highest BCUT2D eigenvalue weighted by atomic mass is 16.1. The quantitative estimate of drug-likeness (QED) is 0.672. The summed E-state index contributed by atoms with van der Waals surface area (Å²) in [6, 6.07) is 16.3. The van der Waals surface area contributed by atoms with E-state index in [1.54, 1.807) is 0 Å². The van der Waals surface area contributed by atoms with Crippen LogP contribution in [-0.2, 0) is 0 Å². The number of hydrogen-bond acceptors (Lipinski definition) is 2. The molecule has 0 spiro atoms. The van der Waals surface area contributed by atoms with Gasteiger partial charge in [-0.25, -0.2) is 4.79 Å². The van der Waals surface area contributed by atoms with Crippen molar-refractivity contribution in [1.82, 2.24) is 9.97 Å². The van der Waals surface area contributed by atoms with Crippen molar-refractivity contribution in [3.8, 4) is 0 Å². The summed E-state index contributed by atoms with van der Waals surface area (Å²) in [6.07, 6.45) is 0. The number of H-pyrrole nitrogens is 2. The van der Waals surface area contributed by atoms with Crippen molar-refractivity contribution in [2.45, 2.75) is 13.0 Å². The summed E-state index contributed by atoms with van der Waals surface area (Å²) in [4.78, 5) is 16.7. The van der Waals surface area contributed by atoms with Crippen molar-refractivity contribution < 1.29 is 0 Å². The molecule has 4 nitrogen and oxygen atoms in total. The molecule has 0 unspecified atom stereocenters. The molecule has 0 saturated heterocycles. The van der Waals surface area contributed by atoms with Crippen LogP contribution in [0.15, 0.2) is 53.3 Å². The summed E-state index contributed by atoms with van der Waals surface area (Å²) in [7, 11) is 0. The second kappa shape index (κ2) is 4.65. The van der Waals surface area contributed by atoms with Crippen LogP contribution in [0.5, 0.6) is 0 Å². The van der Waals surface area contributed by atoms with Gasteiger partial charge in [0.05, 0.1) is 11.0 Å². The van der Waals surface area contributed by atoms with Gasteiger partial charge < -0.3 is 15.3 Å². The number of aromatic amines is 2. The highest BCUT2D eigenvalue weighted by molar-refractivity contribution is 5.78. The lowest BCUT2D eigenvalue weighted by molar-refractivity contribution is 0.885. The minimum absolute atomic E-state index is 0.178. The molecule has 3 rings (SSSR count). The van der Waals surface area contributed by atoms with E-state index in [1.807, 2.05) is 36.4 Å². The van der Waals surface area contributed by atoms with E-state index in [-0.39, 0.29) is 11.7 Å². The number of aromatic nitrogens is 2. The Bertz CT molecular complexity index is 743. The highest BCUT2D eigenvalue weighted by Crippen LogP contribution is 2.21. The first-order valence-electron chi connectivity index (χ1n) is 6.26. The lowest BCUT2D eigenvalue weighted by Gasteiger charge is -2.15. The molecule has 1 heterocycles. The molecule has 0 bridgehead atoms. The molecule has 0 fully saturated rings. The molecule has 1 aromatic heterocycles. The molecule has 3 N–H and O–H groups in total. The van der Waals surface area contributed by atoms with E-state index in [1.165, 1.54) is 5.56 Å². The van der Waals surface area contributed by atoms with Gasteiger partial charge >= 0.3 is 5.69 Å². The molecule has 0 aliphatic carbocycles. The van der Waals surface area contributed by atoms with Crippen molar-refractivity contribution >= 4 is 16.7 Å². The van der Waals surface area contributed by atoms with Crippen LogP contribution in [0.25, 0.3) is 11.0 Å². The number of nitrogens with one attached hydrogen (secondary N) is 3. The van der Waals surface area contributed by atoms with E-state index in [4.69, 9.17) is 0 Å². The third kappa shape index (κ3) is 2.38. The molecule has 0 saturated carbocycles. The lowest BCUT2D eigenvalue weighted by atomic mass is 10.1. The van der Waals surface area contributed by atoms with Gasteiger partial charge in [-0.1, -0.05) is 30.3 Å². The SMILES string of the molecule is C[C@H](Nc1ccc2[nH]c(=O)[nH]c2c1)c1ccccc1. The predicted molar refractivity (Wildman–Crippen MR) is 77.4 cm³/mol. The standard InChI is InChI=1S/C15H15N3O/c1-10(11-5-3-2-4-6-11)16-12-7-8-13-14(9-12)18-15(19)17-13/h2-10,16H,1H3,(H2,17,18,19)/t10-/m0/s1. The molecule has 3 aromatic rings. The van der Waals surface area contributed by atoms with Crippen LogP contribution in [0.3, 0.4) is 0 Å². The van der Waals surface area contributed by atoms with Crippen LogP contribution in [-0.4, -0.2) is 9.97 Å². The Morgan fingerprint density at radius 1 is 1.00 bits per heavy atom. The molecule has 0 aliphatic rings. The Labute approximate surface area is 110 Å². The summed E-state index contributed by atoms with van der Waals surface area (Å²) in [5.74, 6) is 0. The summed E-state index contributed by atoms with van der Waals surface area (Å²) in [5, 5.41) is 3.42. The Morgan fingerprint density at radius 2 is 1.74 bits per heavy atom. The maximum absolute atomic E-state index is 11.2. The van der Waals surface area contributed by atoms with Crippen LogP contribution >= 0.6 is 0 Å². The molecule has 4 heteroatoms. The number of hydrogen-bond donors (Lipinski definition) is 3. The fourth-order valence-corrected chi connectivity index (χ4v) is 2.20. The van der Waals surface area contributed by atoms with Gasteiger partial charge in [-0.15, -0.1) is 0 Å². The van der Waals surface area contributed by atoms with Crippen molar-refractivity contribution in [1.29, 1.82) is 0 Å². The normalized spacial score (nSPS) is 12.5. The van der Waals surface area contributed by atoms with Crippen LogP contribution in [0.1, 0.15) is 18.5 Å². The number of fused-ring (bicyclic) bond motifs is 1. The number of imidazole rings is 1. The third-order valence-electron chi connectivity index (χ3n) is 3.20. The first-order chi connectivity index (χ1) is 9.22. The molecule has 0 amide bonds. The van der Waals surface area contributed by atoms with E-state index < -0.39 is 0 Å². The molecular formula is C15H15N3O. The number of benzene rings is 2. The van der Waals surface area contributed by atoms with Crippen molar-refractivity contribution in [3.63, 3.8) is 0 Å². The van der Waals surface area contributed by atoms with E-state index in [9.17, 15) is 4.79 Å². The molecule has 96 valence electrons. The zero-order valence-electron chi connectivity index (χ0n) is 10.6. The van der Waals surface area contributed by atoms with Gasteiger partial charge in [0.25, 0.3) is 0 Å². The van der Waals surface area contributed by atoms with Gasteiger partial charge in [-0.05, 0) is 30.7 Å². The molecule has 19 heavy (non-hydrogen) atoms. The molecule has 2 aromatic carbocycles. The van der Waals surface area contributed by atoms with Crippen LogP contribution < -0.4 is 11.0 Å². The van der Waals surface area contributed by atoms with E-state index in [0.29, 0.717) is 0 Å². The average molecular weight is 253 g/mol. The summed E-state index contributed by atoms with van der Waals surface area (Å²) in [6.45, 7) is 2.11. The smallest absolute Gasteiger partial charge is 0.323 e. The Hall–Kier alpha value is -2.49. The summed E-state index contributed by atoms with van der Waals surface area (Å²) >= 11 is 0. The maximum atomic E-state index is 11.2. The minimum Gasteiger partial charge on any atom is -0.378 e. The molecule has 0 aliphatic heterocycles. The lowest BCUT2D eigenvalue weighted by Crippen LogP contribution is -2.06. The molecule has 0 radical (unpaired) electrons. The zero-order valence-corrected chi connectivity index (χ0v) is 10.6. The third-order valence-corrected chi connectivity index (χ3v) is 3.20. The molecular weight excluding hydrogens is 238 g/mol. The predicted octanol–water partition coefficient (Wildman–Crippen LogP) is 3.03. The van der Waals surface area contributed by atoms with E-state index >= 15 is 0 Å².